The van der Waals surface area contributed by atoms with Crippen LogP contribution in [0.15, 0.2) is 66.1 Å². The highest BCUT2D eigenvalue weighted by Crippen LogP contribution is 2.43. The summed E-state index contributed by atoms with van der Waals surface area (Å²) in [5.74, 6) is -0.504. The highest BCUT2D eigenvalue weighted by atomic mass is 79.9. The second kappa shape index (κ2) is 8.87. The van der Waals surface area contributed by atoms with Gasteiger partial charge in [-0.15, -0.1) is 11.3 Å². The molecule has 0 saturated heterocycles. The van der Waals surface area contributed by atoms with Gasteiger partial charge in [0.15, 0.2) is 0 Å². The Bertz CT molecular complexity index is 1110. The van der Waals surface area contributed by atoms with Crippen molar-refractivity contribution in [2.75, 3.05) is 11.9 Å². The van der Waals surface area contributed by atoms with Crippen molar-refractivity contribution in [3.63, 3.8) is 0 Å². The fraction of sp³-hybridized carbons (Fsp3) is 0.238. The number of nitrogens with one attached hydrogen (secondary N) is 2. The van der Waals surface area contributed by atoms with E-state index in [4.69, 9.17) is 10.1 Å². The average molecular weight is 505 g/mol. The molecule has 1 unspecified atom stereocenters. The average Bonchev–Trinajstić information content (AvgIpc) is 3.42. The molecule has 4 rings (SSSR count). The van der Waals surface area contributed by atoms with E-state index >= 15 is 0 Å². The smallest absolute Gasteiger partial charge is 0.265 e. The van der Waals surface area contributed by atoms with Crippen molar-refractivity contribution in [1.82, 2.24) is 5.32 Å². The number of nitrogens with two attached hydrogens (primary N) is 1. The molecular formula is C21H21BrN4O2S2. The maximum absolute atomic E-state index is 12.4. The number of primary amides is 1. The molecule has 1 aromatic heterocycles. The zero-order valence-electron chi connectivity index (χ0n) is 16.3. The first-order chi connectivity index (χ1) is 14.4. The first-order valence-corrected chi connectivity index (χ1v) is 12.3. The Labute approximate surface area is 189 Å². The molecule has 3 heterocycles. The number of thiophene rings is 1. The number of anilines is 1. The molecule has 0 spiro atoms. The van der Waals surface area contributed by atoms with E-state index in [0.717, 1.165) is 31.2 Å². The topological polar surface area (TPSA) is 96.6 Å². The van der Waals surface area contributed by atoms with Crippen LogP contribution in [0.25, 0.3) is 0 Å². The Balaban J connectivity index is 1.49. The summed E-state index contributed by atoms with van der Waals surface area (Å²) in [6.07, 6.45) is 1.16. The minimum absolute atomic E-state index is 0.103. The number of allylic oxidation sites excluding steroid dienone is 1. The molecule has 30 heavy (non-hydrogen) atoms. The van der Waals surface area contributed by atoms with Crippen LogP contribution in [0.3, 0.4) is 0 Å². The molecule has 0 aliphatic carbocycles. The molecule has 2 aliphatic rings. The molecule has 9 heteroatoms. The van der Waals surface area contributed by atoms with Crippen LogP contribution in [0.5, 0.6) is 0 Å². The molecule has 1 aromatic carbocycles. The number of hydrogen-bond acceptors (Lipinski definition) is 5. The number of amides is 2. The van der Waals surface area contributed by atoms with Crippen molar-refractivity contribution < 1.29 is 9.59 Å². The van der Waals surface area contributed by atoms with Crippen LogP contribution in [-0.4, -0.2) is 24.4 Å². The van der Waals surface area contributed by atoms with E-state index in [0.29, 0.717) is 24.3 Å². The molecule has 0 fully saturated rings. The number of benzene rings is 1. The third-order valence-electron chi connectivity index (χ3n) is 4.91. The van der Waals surface area contributed by atoms with E-state index in [1.807, 2.05) is 42.6 Å². The number of hydrogen-bond donors (Lipinski definition) is 3. The number of halogens is 1. The summed E-state index contributed by atoms with van der Waals surface area (Å²) < 4.78 is 5.69. The zero-order chi connectivity index (χ0) is 21.3. The van der Waals surface area contributed by atoms with Crippen LogP contribution >= 0.6 is 27.3 Å². The van der Waals surface area contributed by atoms with Crippen LogP contribution in [0.1, 0.15) is 28.1 Å². The summed E-state index contributed by atoms with van der Waals surface area (Å²) in [6.45, 7) is 2.50. The monoisotopic (exact) mass is 504 g/mol. The van der Waals surface area contributed by atoms with Gasteiger partial charge in [0, 0.05) is 17.0 Å². The highest BCUT2D eigenvalue weighted by molar-refractivity contribution is 9.13. The van der Waals surface area contributed by atoms with E-state index in [1.165, 1.54) is 11.3 Å². The first kappa shape index (κ1) is 21.0. The largest absolute Gasteiger partial charge is 0.373 e. The summed E-state index contributed by atoms with van der Waals surface area (Å²) in [7, 11) is -0.406. The lowest BCUT2D eigenvalue weighted by atomic mass is 10.0. The quantitative estimate of drug-likeness (QED) is 0.527. The number of carbonyl (C=O) groups excluding carboxylic acids is 2. The van der Waals surface area contributed by atoms with Crippen LogP contribution in [0, 0.1) is 6.92 Å². The summed E-state index contributed by atoms with van der Waals surface area (Å²) in [6, 6.07) is 11.0. The fourth-order valence-corrected chi connectivity index (χ4v) is 7.07. The Kier molecular flexibility index (Phi) is 6.21. The second-order valence-electron chi connectivity index (χ2n) is 7.13. The van der Waals surface area contributed by atoms with E-state index in [-0.39, 0.29) is 5.91 Å². The van der Waals surface area contributed by atoms with Crippen molar-refractivity contribution >= 4 is 55.5 Å². The molecule has 2 aromatic rings. The van der Waals surface area contributed by atoms with Gasteiger partial charge < -0.3 is 16.4 Å². The number of carbonyl (C=O) groups is 2. The standard InChI is InChI=1S/C21H21BrN4O2S2/c1-12-4-2-5-14(8-12)25-15(20(23)27)9-13-10-18-16(11-24-30(18)19(13)22)26-21(28)17-6-3-7-29-17/h2-8,15,25H,9-11H2,1H3,(H2,23,27)(H,26,28)/t15-,30?/m0/s1. The molecule has 2 amide bonds. The first-order valence-electron chi connectivity index (χ1n) is 9.41. The fourth-order valence-electron chi connectivity index (χ4n) is 3.43. The van der Waals surface area contributed by atoms with Crippen LogP contribution in [0.4, 0.5) is 5.69 Å². The Hall–Kier alpha value is -2.23. The molecule has 156 valence electrons. The van der Waals surface area contributed by atoms with Crippen molar-refractivity contribution in [1.29, 1.82) is 0 Å². The Morgan fingerprint density at radius 3 is 2.87 bits per heavy atom. The molecule has 0 bridgehead atoms. The second-order valence-corrected chi connectivity index (χ2v) is 11.1. The normalized spacial score (nSPS) is 18.8. The lowest BCUT2D eigenvalue weighted by molar-refractivity contribution is -0.118. The number of fused-ring (bicyclic) bond motifs is 1. The van der Waals surface area contributed by atoms with Gasteiger partial charge in [-0.2, -0.15) is 0 Å². The Morgan fingerprint density at radius 2 is 2.17 bits per heavy atom. The van der Waals surface area contributed by atoms with Crippen LogP contribution < -0.4 is 16.4 Å². The van der Waals surface area contributed by atoms with Crippen LogP contribution in [-0.2, 0) is 15.5 Å². The maximum atomic E-state index is 12.4. The number of aryl methyl sites for hydroxylation is 1. The van der Waals surface area contributed by atoms with Crippen molar-refractivity contribution in [2.45, 2.75) is 25.8 Å². The van der Waals surface area contributed by atoms with Crippen molar-refractivity contribution in [3.05, 3.63) is 72.2 Å². The SMILES string of the molecule is Cc1cccc(N[C@@H](CC2=C(Br)S3=NCC(NC(=O)c4cccs4)=C3C2)C(N)=O)c1. The molecular weight excluding hydrogens is 484 g/mol. The molecule has 2 aliphatic heterocycles. The van der Waals surface area contributed by atoms with Crippen molar-refractivity contribution in [2.24, 2.45) is 10.1 Å². The van der Waals surface area contributed by atoms with E-state index < -0.39 is 22.6 Å². The van der Waals surface area contributed by atoms with Gasteiger partial charge >= 0.3 is 0 Å². The third-order valence-corrected chi connectivity index (χ3v) is 9.13. The minimum atomic E-state index is -0.525. The summed E-state index contributed by atoms with van der Waals surface area (Å²) >= 11 is 5.10. The molecule has 4 N–H and O–H groups in total. The lowest BCUT2D eigenvalue weighted by Gasteiger charge is -2.18. The predicted molar refractivity (Wildman–Crippen MR) is 126 cm³/mol. The van der Waals surface area contributed by atoms with Gasteiger partial charge in [-0.25, -0.2) is 4.36 Å². The van der Waals surface area contributed by atoms with Gasteiger partial charge in [-0.05, 0) is 74.7 Å². The summed E-state index contributed by atoms with van der Waals surface area (Å²) in [5.41, 5.74) is 9.61. The minimum Gasteiger partial charge on any atom is -0.373 e. The van der Waals surface area contributed by atoms with Gasteiger partial charge in [0.25, 0.3) is 5.91 Å². The lowest BCUT2D eigenvalue weighted by Crippen LogP contribution is -2.35. The van der Waals surface area contributed by atoms with Gasteiger partial charge in [-0.3, -0.25) is 9.59 Å². The summed E-state index contributed by atoms with van der Waals surface area (Å²) in [5, 5.41) is 8.16. The van der Waals surface area contributed by atoms with E-state index in [9.17, 15) is 9.59 Å². The summed E-state index contributed by atoms with van der Waals surface area (Å²) in [4.78, 5) is 26.3. The van der Waals surface area contributed by atoms with Gasteiger partial charge in [-0.1, -0.05) is 18.2 Å². The third kappa shape index (κ3) is 4.43. The molecule has 6 nitrogen and oxygen atoms in total. The van der Waals surface area contributed by atoms with E-state index in [2.05, 4.69) is 26.6 Å². The molecule has 2 atom stereocenters. The van der Waals surface area contributed by atoms with Gasteiger partial charge in [0.2, 0.25) is 5.91 Å². The van der Waals surface area contributed by atoms with Gasteiger partial charge in [0.1, 0.15) is 6.04 Å². The highest BCUT2D eigenvalue weighted by Gasteiger charge is 2.32. The predicted octanol–water partition coefficient (Wildman–Crippen LogP) is 4.18. The van der Waals surface area contributed by atoms with E-state index in [1.54, 1.807) is 6.07 Å². The molecule has 0 saturated carbocycles. The number of rotatable bonds is 7. The van der Waals surface area contributed by atoms with Crippen LogP contribution in [0.2, 0.25) is 0 Å². The van der Waals surface area contributed by atoms with Crippen molar-refractivity contribution in [3.8, 4) is 0 Å². The number of nitrogens with zero attached hydrogens (tertiary/aromatic N) is 1. The Morgan fingerprint density at radius 1 is 1.33 bits per heavy atom. The van der Waals surface area contributed by atoms with Gasteiger partial charge in [0.05, 0.1) is 20.9 Å². The molecule has 0 radical (unpaired) electrons. The maximum Gasteiger partial charge on any atom is 0.265 e. The zero-order valence-corrected chi connectivity index (χ0v) is 19.5.